The van der Waals surface area contributed by atoms with Gasteiger partial charge in [-0.2, -0.15) is 0 Å². The molecule has 4 aliphatic rings. The summed E-state index contributed by atoms with van der Waals surface area (Å²) in [7, 11) is 0. The average molecular weight is 877 g/mol. The van der Waals surface area contributed by atoms with Crippen LogP contribution in [0, 0.1) is 0 Å². The zero-order valence-electron chi connectivity index (χ0n) is 39.7. The van der Waals surface area contributed by atoms with E-state index in [2.05, 4.69) is 114 Å². The number of carbonyl (C=O) groups excluding carboxylic acids is 4. The minimum absolute atomic E-state index is 0.0832. The molecular formula is C58H60N4O4. The van der Waals surface area contributed by atoms with Gasteiger partial charge in [0.25, 0.3) is 23.6 Å². The molecule has 4 aliphatic heterocycles. The van der Waals surface area contributed by atoms with Gasteiger partial charge < -0.3 is 9.80 Å². The van der Waals surface area contributed by atoms with E-state index < -0.39 is 0 Å². The first kappa shape index (κ1) is 42.4. The smallest absolute Gasteiger partial charge is 0.266 e. The molecule has 0 radical (unpaired) electrons. The minimum atomic E-state index is -0.309. The van der Waals surface area contributed by atoms with E-state index in [0.29, 0.717) is 44.4 Å². The van der Waals surface area contributed by atoms with Gasteiger partial charge in [0, 0.05) is 81.0 Å². The van der Waals surface area contributed by atoms with Crippen molar-refractivity contribution in [2.24, 2.45) is 0 Å². The van der Waals surface area contributed by atoms with Crippen LogP contribution in [0.1, 0.15) is 181 Å². The molecule has 2 saturated heterocycles. The van der Waals surface area contributed by atoms with Gasteiger partial charge in [0.05, 0.1) is 22.5 Å². The summed E-state index contributed by atoms with van der Waals surface area (Å²) in [6, 6.07) is 24.5. The van der Waals surface area contributed by atoms with Crippen LogP contribution in [0.2, 0.25) is 0 Å². The lowest BCUT2D eigenvalue weighted by Gasteiger charge is -2.37. The van der Waals surface area contributed by atoms with Crippen molar-refractivity contribution < 1.29 is 19.2 Å². The van der Waals surface area contributed by atoms with Gasteiger partial charge in [-0.25, -0.2) is 9.80 Å². The summed E-state index contributed by atoms with van der Waals surface area (Å²) < 4.78 is 0. The number of para-hydroxylation sites is 2. The van der Waals surface area contributed by atoms with E-state index in [1.54, 1.807) is 0 Å². The van der Waals surface area contributed by atoms with Crippen LogP contribution in [0.15, 0.2) is 72.8 Å². The standard InChI is InChI=1S/C58H60N4O4/c1-31(2)35-17-15-18-36(32(3)4)53(35)61-55(63)41-23-21-39-50-46(60-27-13-10-14-28-60)30-44-48-42(56(64)62(58(44)66)54-37(33(5)6)19-16-20-38(54)34(7)8)24-22-40(52(48)50)49-45(59-25-11-9-12-26-59)29-43(57(61)65)47(41)51(39)49/h15-24,29-34H,9-14,25-28H2,1-8H3. The summed E-state index contributed by atoms with van der Waals surface area (Å²) in [4.78, 5) is 69.6. The number of anilines is 4. The molecule has 7 aromatic carbocycles. The van der Waals surface area contributed by atoms with Crippen molar-refractivity contribution >= 4 is 89.5 Å². The highest BCUT2D eigenvalue weighted by atomic mass is 16.2. The lowest BCUT2D eigenvalue weighted by molar-refractivity contribution is 0.0877. The lowest BCUT2D eigenvalue weighted by Crippen LogP contribution is -2.42. The number of hydrogen-bond donors (Lipinski definition) is 0. The highest BCUT2D eigenvalue weighted by Gasteiger charge is 2.42. The Bertz CT molecular complexity index is 2950. The van der Waals surface area contributed by atoms with Gasteiger partial charge >= 0.3 is 0 Å². The molecule has 66 heavy (non-hydrogen) atoms. The van der Waals surface area contributed by atoms with Crippen LogP contribution in [-0.4, -0.2) is 49.8 Å². The van der Waals surface area contributed by atoms with E-state index in [4.69, 9.17) is 0 Å². The highest BCUT2D eigenvalue weighted by molar-refractivity contribution is 6.48. The summed E-state index contributed by atoms with van der Waals surface area (Å²) >= 11 is 0. The molecule has 0 bridgehead atoms. The van der Waals surface area contributed by atoms with Crippen LogP contribution < -0.4 is 19.6 Å². The minimum Gasteiger partial charge on any atom is -0.371 e. The van der Waals surface area contributed by atoms with E-state index >= 15 is 19.2 Å². The predicted octanol–water partition coefficient (Wildman–Crippen LogP) is 13.8. The molecule has 2 fully saturated rings. The topological polar surface area (TPSA) is 81.2 Å². The Morgan fingerprint density at radius 2 is 0.682 bits per heavy atom. The van der Waals surface area contributed by atoms with Crippen LogP contribution >= 0.6 is 0 Å². The summed E-state index contributed by atoms with van der Waals surface area (Å²) in [6.07, 6.45) is 6.39. The monoisotopic (exact) mass is 876 g/mol. The van der Waals surface area contributed by atoms with Gasteiger partial charge in [0.15, 0.2) is 0 Å². The number of imide groups is 2. The number of amides is 4. The maximum atomic E-state index is 15.6. The molecule has 0 N–H and O–H groups in total. The van der Waals surface area contributed by atoms with Crippen molar-refractivity contribution in [1.29, 1.82) is 0 Å². The fourth-order valence-corrected chi connectivity index (χ4v) is 12.1. The Labute approximate surface area is 387 Å². The Hall–Kier alpha value is -6.28. The second-order valence-corrected chi connectivity index (χ2v) is 20.6. The summed E-state index contributed by atoms with van der Waals surface area (Å²) in [5.74, 6) is -0.876. The molecule has 0 saturated carbocycles. The van der Waals surface area contributed by atoms with Crippen molar-refractivity contribution in [1.82, 2.24) is 0 Å². The largest absolute Gasteiger partial charge is 0.371 e. The second-order valence-electron chi connectivity index (χ2n) is 20.6. The fourth-order valence-electron chi connectivity index (χ4n) is 12.1. The molecule has 0 aliphatic carbocycles. The SMILES string of the molecule is CC(C)c1cccc(C(C)C)c1N1C(=O)c2ccc3c4c(N5CCCCC5)cc5c6c(ccc(c7c(N8CCCCC8)cc(c2c37)C1=O)c64)C(=O)N(c1c(C(C)C)cccc1C(C)C)C5=O. The normalized spacial score (nSPS) is 17.0. The Balaban J connectivity index is 1.26. The van der Waals surface area contributed by atoms with Crippen molar-refractivity contribution in [2.45, 2.75) is 118 Å². The van der Waals surface area contributed by atoms with Crippen molar-refractivity contribution in [2.75, 3.05) is 45.8 Å². The van der Waals surface area contributed by atoms with Crippen LogP contribution in [0.4, 0.5) is 22.7 Å². The number of benzene rings is 7. The molecule has 0 aromatic heterocycles. The number of carbonyl (C=O) groups is 4. The molecular weight excluding hydrogens is 817 g/mol. The average Bonchev–Trinajstić information content (AvgIpc) is 3.32. The molecule has 336 valence electrons. The van der Waals surface area contributed by atoms with Gasteiger partial charge in [-0.05, 0) is 119 Å². The summed E-state index contributed by atoms with van der Waals surface area (Å²) in [6.45, 7) is 20.3. The van der Waals surface area contributed by atoms with E-state index in [1.807, 2.05) is 24.3 Å². The first-order valence-corrected chi connectivity index (χ1v) is 24.6. The maximum absolute atomic E-state index is 15.6. The fraction of sp³-hybridized carbons (Fsp3) is 0.379. The van der Waals surface area contributed by atoms with Gasteiger partial charge in [-0.3, -0.25) is 19.2 Å². The molecule has 7 aromatic rings. The Kier molecular flexibility index (Phi) is 10.1. The van der Waals surface area contributed by atoms with E-state index in [0.717, 1.165) is 131 Å². The predicted molar refractivity (Wildman–Crippen MR) is 271 cm³/mol. The molecule has 0 unspecified atom stereocenters. The molecule has 0 spiro atoms. The number of rotatable bonds is 8. The van der Waals surface area contributed by atoms with Crippen molar-refractivity contribution in [3.63, 3.8) is 0 Å². The third-order valence-corrected chi connectivity index (χ3v) is 15.3. The quantitative estimate of drug-likeness (QED) is 0.0859. The van der Waals surface area contributed by atoms with Crippen LogP contribution in [0.3, 0.4) is 0 Å². The lowest BCUT2D eigenvalue weighted by atomic mass is 9.80. The molecule has 8 nitrogen and oxygen atoms in total. The van der Waals surface area contributed by atoms with Gasteiger partial charge in [0.1, 0.15) is 0 Å². The zero-order chi connectivity index (χ0) is 46.0. The first-order valence-electron chi connectivity index (χ1n) is 24.6. The second kappa shape index (κ2) is 15.7. The molecule has 4 heterocycles. The van der Waals surface area contributed by atoms with E-state index in [9.17, 15) is 0 Å². The number of fused-ring (bicyclic) bond motifs is 2. The third-order valence-electron chi connectivity index (χ3n) is 15.3. The maximum Gasteiger partial charge on any atom is 0.266 e. The molecule has 4 amide bonds. The van der Waals surface area contributed by atoms with Gasteiger partial charge in [-0.1, -0.05) is 104 Å². The Morgan fingerprint density at radius 1 is 0.364 bits per heavy atom. The number of piperidine rings is 2. The summed E-state index contributed by atoms with van der Waals surface area (Å²) in [5, 5.41) is 7.02. The first-order chi connectivity index (χ1) is 31.8. The van der Waals surface area contributed by atoms with E-state index in [1.165, 1.54) is 9.80 Å². The molecule has 8 heteroatoms. The number of hydrogen-bond acceptors (Lipinski definition) is 6. The molecule has 11 rings (SSSR count). The zero-order valence-corrected chi connectivity index (χ0v) is 39.7. The summed E-state index contributed by atoms with van der Waals surface area (Å²) in [5.41, 5.74) is 9.35. The Morgan fingerprint density at radius 3 is 1.00 bits per heavy atom. The van der Waals surface area contributed by atoms with Crippen LogP contribution in [-0.2, 0) is 0 Å². The van der Waals surface area contributed by atoms with Crippen LogP contribution in [0.25, 0.3) is 43.1 Å². The van der Waals surface area contributed by atoms with E-state index in [-0.39, 0.29) is 47.3 Å². The highest BCUT2D eigenvalue weighted by Crippen LogP contribution is 2.54. The third kappa shape index (κ3) is 6.01. The molecule has 0 atom stereocenters. The van der Waals surface area contributed by atoms with Crippen LogP contribution in [0.5, 0.6) is 0 Å². The number of nitrogens with zero attached hydrogens (tertiary/aromatic N) is 4. The van der Waals surface area contributed by atoms with Gasteiger partial charge in [-0.15, -0.1) is 0 Å². The van der Waals surface area contributed by atoms with Crippen molar-refractivity contribution in [3.05, 3.63) is 117 Å². The van der Waals surface area contributed by atoms with Gasteiger partial charge in [0.2, 0.25) is 0 Å². The van der Waals surface area contributed by atoms with Crippen molar-refractivity contribution in [3.8, 4) is 0 Å².